The summed E-state index contributed by atoms with van der Waals surface area (Å²) in [6, 6.07) is 18.7. The fourth-order valence-electron chi connectivity index (χ4n) is 4.92. The molecule has 1 aliphatic rings. The van der Waals surface area contributed by atoms with E-state index in [0.29, 0.717) is 45.8 Å². The molecule has 4 aromatic rings. The summed E-state index contributed by atoms with van der Waals surface area (Å²) in [5.41, 5.74) is 4.02. The van der Waals surface area contributed by atoms with Crippen LogP contribution in [-0.4, -0.2) is 23.0 Å². The summed E-state index contributed by atoms with van der Waals surface area (Å²) in [6.45, 7) is 7.31. The molecule has 2 unspecified atom stereocenters. The standard InChI is InChI=1S/C30H27ClN2O2/c1-20-13-21(2)18-33(17-20)19-27-15-29(34)28-14-22(4-12-30(28)35-27)3-10-26-11-7-24(16-32-26)23-5-8-25(31)9-6-23/h4-9,11-12,14-16,20-21H,13,17-19H2,1-2H3. The molecule has 2 atom stereocenters. The highest BCUT2D eigenvalue weighted by atomic mass is 35.5. The number of halogens is 1. The van der Waals surface area contributed by atoms with E-state index in [0.717, 1.165) is 29.8 Å². The molecule has 1 saturated heterocycles. The molecular weight excluding hydrogens is 456 g/mol. The molecule has 5 heteroatoms. The van der Waals surface area contributed by atoms with Crippen molar-refractivity contribution in [2.75, 3.05) is 13.1 Å². The Morgan fingerprint density at radius 1 is 0.971 bits per heavy atom. The van der Waals surface area contributed by atoms with E-state index >= 15 is 0 Å². The Hall–Kier alpha value is -3.39. The van der Waals surface area contributed by atoms with Crippen molar-refractivity contribution in [2.45, 2.75) is 26.8 Å². The monoisotopic (exact) mass is 482 g/mol. The lowest BCUT2D eigenvalue weighted by atomic mass is 9.92. The van der Waals surface area contributed by atoms with E-state index in [-0.39, 0.29) is 5.43 Å². The summed E-state index contributed by atoms with van der Waals surface area (Å²) in [7, 11) is 0. The second kappa shape index (κ2) is 10.1. The molecule has 1 fully saturated rings. The molecule has 3 heterocycles. The summed E-state index contributed by atoms with van der Waals surface area (Å²) >= 11 is 5.97. The molecule has 2 aromatic heterocycles. The van der Waals surface area contributed by atoms with Gasteiger partial charge in [-0.15, -0.1) is 0 Å². The zero-order valence-electron chi connectivity index (χ0n) is 19.9. The van der Waals surface area contributed by atoms with Gasteiger partial charge < -0.3 is 4.42 Å². The van der Waals surface area contributed by atoms with Crippen LogP contribution in [-0.2, 0) is 6.54 Å². The number of hydrogen-bond donors (Lipinski definition) is 0. The van der Waals surface area contributed by atoms with Crippen LogP contribution >= 0.6 is 11.6 Å². The molecule has 35 heavy (non-hydrogen) atoms. The molecule has 0 radical (unpaired) electrons. The maximum Gasteiger partial charge on any atom is 0.193 e. The topological polar surface area (TPSA) is 46.3 Å². The predicted octanol–water partition coefficient (Wildman–Crippen LogP) is 6.39. The number of hydrogen-bond acceptors (Lipinski definition) is 4. The molecule has 1 aliphatic heterocycles. The van der Waals surface area contributed by atoms with Crippen LogP contribution in [0.1, 0.15) is 37.3 Å². The van der Waals surface area contributed by atoms with Crippen molar-refractivity contribution < 1.29 is 4.42 Å². The van der Waals surface area contributed by atoms with Gasteiger partial charge in [0.2, 0.25) is 0 Å². The maximum atomic E-state index is 12.8. The summed E-state index contributed by atoms with van der Waals surface area (Å²) in [4.78, 5) is 19.7. The number of nitrogens with zero attached hydrogens (tertiary/aromatic N) is 2. The van der Waals surface area contributed by atoms with Crippen LogP contribution in [0.4, 0.5) is 0 Å². The summed E-state index contributed by atoms with van der Waals surface area (Å²) in [6.07, 6.45) is 3.05. The lowest BCUT2D eigenvalue weighted by Crippen LogP contribution is -2.38. The van der Waals surface area contributed by atoms with Crippen molar-refractivity contribution in [1.29, 1.82) is 0 Å². The van der Waals surface area contributed by atoms with Crippen LogP contribution in [0.15, 0.2) is 76.1 Å². The average Bonchev–Trinajstić information content (AvgIpc) is 2.83. The highest BCUT2D eigenvalue weighted by Crippen LogP contribution is 2.24. The smallest absolute Gasteiger partial charge is 0.193 e. The van der Waals surface area contributed by atoms with Gasteiger partial charge in [0.05, 0.1) is 11.9 Å². The van der Waals surface area contributed by atoms with Crippen LogP contribution < -0.4 is 5.43 Å². The van der Waals surface area contributed by atoms with Crippen LogP contribution in [0.2, 0.25) is 5.02 Å². The highest BCUT2D eigenvalue weighted by molar-refractivity contribution is 6.30. The van der Waals surface area contributed by atoms with Gasteiger partial charge in [-0.2, -0.15) is 0 Å². The van der Waals surface area contributed by atoms with Crippen LogP contribution in [0.3, 0.4) is 0 Å². The first-order valence-electron chi connectivity index (χ1n) is 12.0. The van der Waals surface area contributed by atoms with Gasteiger partial charge in [0.1, 0.15) is 17.0 Å². The van der Waals surface area contributed by atoms with E-state index in [1.54, 1.807) is 18.3 Å². The van der Waals surface area contributed by atoms with Gasteiger partial charge >= 0.3 is 0 Å². The highest BCUT2D eigenvalue weighted by Gasteiger charge is 2.22. The zero-order chi connectivity index (χ0) is 24.4. The van der Waals surface area contributed by atoms with E-state index in [1.165, 1.54) is 6.42 Å². The van der Waals surface area contributed by atoms with Gasteiger partial charge in [-0.05, 0) is 66.1 Å². The Labute approximate surface area is 210 Å². The van der Waals surface area contributed by atoms with Crippen LogP contribution in [0.5, 0.6) is 0 Å². The first-order valence-corrected chi connectivity index (χ1v) is 12.3. The van der Waals surface area contributed by atoms with E-state index < -0.39 is 0 Å². The van der Waals surface area contributed by atoms with E-state index in [4.69, 9.17) is 16.0 Å². The molecule has 0 amide bonds. The molecule has 5 rings (SSSR count). The zero-order valence-corrected chi connectivity index (χ0v) is 20.7. The second-order valence-corrected chi connectivity index (χ2v) is 10.1. The molecule has 4 nitrogen and oxygen atoms in total. The van der Waals surface area contributed by atoms with Crippen molar-refractivity contribution in [3.8, 4) is 23.0 Å². The lowest BCUT2D eigenvalue weighted by Gasteiger charge is -2.34. The van der Waals surface area contributed by atoms with Gasteiger partial charge in [-0.3, -0.25) is 9.69 Å². The number of benzene rings is 2. The molecule has 0 aliphatic carbocycles. The van der Waals surface area contributed by atoms with Gasteiger partial charge in [0.25, 0.3) is 0 Å². The van der Waals surface area contributed by atoms with Crippen molar-refractivity contribution >= 4 is 22.6 Å². The minimum absolute atomic E-state index is 0.0338. The van der Waals surface area contributed by atoms with Crippen molar-refractivity contribution in [2.24, 2.45) is 11.8 Å². The average molecular weight is 483 g/mol. The second-order valence-electron chi connectivity index (χ2n) is 9.62. The first kappa shape index (κ1) is 23.4. The Morgan fingerprint density at radius 2 is 1.71 bits per heavy atom. The maximum absolute atomic E-state index is 12.8. The Morgan fingerprint density at radius 3 is 2.43 bits per heavy atom. The number of aromatic nitrogens is 1. The third-order valence-corrected chi connectivity index (χ3v) is 6.63. The largest absolute Gasteiger partial charge is 0.459 e. The number of pyridine rings is 1. The summed E-state index contributed by atoms with van der Waals surface area (Å²) in [5.74, 6) is 8.24. The SMILES string of the molecule is CC1CC(C)CN(Cc2cc(=O)c3cc(C#Cc4ccc(-c5ccc(Cl)cc5)cn4)ccc3o2)C1. The van der Waals surface area contributed by atoms with Gasteiger partial charge in [0.15, 0.2) is 5.43 Å². The van der Waals surface area contributed by atoms with E-state index in [1.807, 2.05) is 48.5 Å². The van der Waals surface area contributed by atoms with Gasteiger partial charge in [-0.1, -0.05) is 49.6 Å². The third-order valence-electron chi connectivity index (χ3n) is 6.38. The van der Waals surface area contributed by atoms with Crippen molar-refractivity contribution in [1.82, 2.24) is 9.88 Å². The Kier molecular flexibility index (Phi) is 6.72. The van der Waals surface area contributed by atoms with Crippen molar-refractivity contribution in [3.05, 3.63) is 99.1 Å². The normalized spacial score (nSPS) is 18.3. The third kappa shape index (κ3) is 5.65. The molecule has 176 valence electrons. The minimum atomic E-state index is -0.0338. The fourth-order valence-corrected chi connectivity index (χ4v) is 5.05. The van der Waals surface area contributed by atoms with Crippen LogP contribution in [0.25, 0.3) is 22.1 Å². The predicted molar refractivity (Wildman–Crippen MR) is 141 cm³/mol. The fraction of sp³-hybridized carbons (Fsp3) is 0.267. The number of piperidine rings is 1. The van der Waals surface area contributed by atoms with Gasteiger partial charge in [0, 0.05) is 41.5 Å². The lowest BCUT2D eigenvalue weighted by molar-refractivity contribution is 0.126. The molecular formula is C30H27ClN2O2. The number of rotatable bonds is 3. The Balaban J connectivity index is 1.33. The van der Waals surface area contributed by atoms with Crippen molar-refractivity contribution in [3.63, 3.8) is 0 Å². The minimum Gasteiger partial charge on any atom is -0.459 e. The quantitative estimate of drug-likeness (QED) is 0.317. The molecule has 2 aromatic carbocycles. The molecule has 0 saturated carbocycles. The van der Waals surface area contributed by atoms with Crippen LogP contribution in [0, 0.1) is 23.7 Å². The molecule has 0 bridgehead atoms. The van der Waals surface area contributed by atoms with Gasteiger partial charge in [-0.25, -0.2) is 4.98 Å². The molecule has 0 N–H and O–H groups in total. The first-order chi connectivity index (χ1) is 16.9. The van der Waals surface area contributed by atoms with E-state index in [9.17, 15) is 4.79 Å². The summed E-state index contributed by atoms with van der Waals surface area (Å²) in [5, 5.41) is 1.25. The summed E-state index contributed by atoms with van der Waals surface area (Å²) < 4.78 is 6.09. The Bertz CT molecular complexity index is 1450. The number of fused-ring (bicyclic) bond motifs is 1. The molecule has 0 spiro atoms. The van der Waals surface area contributed by atoms with E-state index in [2.05, 4.69) is 35.6 Å². The number of likely N-dealkylation sites (tertiary alicyclic amines) is 1.